The molecule has 2 heterocycles. The highest BCUT2D eigenvalue weighted by Gasteiger charge is 2.31. The summed E-state index contributed by atoms with van der Waals surface area (Å²) in [6.07, 6.45) is -2.86. The van der Waals surface area contributed by atoms with Gasteiger partial charge in [-0.05, 0) is 43.2 Å². The molecule has 1 fully saturated rings. The number of aromatic nitrogens is 2. The zero-order chi connectivity index (χ0) is 24.5. The second-order valence-corrected chi connectivity index (χ2v) is 8.18. The maximum Gasteiger partial charge on any atom is 0.416 e. The van der Waals surface area contributed by atoms with Crippen molar-refractivity contribution in [3.05, 3.63) is 42.0 Å². The van der Waals surface area contributed by atoms with E-state index in [1.165, 1.54) is 20.1 Å². The molecule has 3 aromatic rings. The van der Waals surface area contributed by atoms with Crippen molar-refractivity contribution in [1.29, 1.82) is 0 Å². The van der Waals surface area contributed by atoms with E-state index in [0.29, 0.717) is 30.2 Å². The Hall–Kier alpha value is -3.76. The van der Waals surface area contributed by atoms with E-state index in [2.05, 4.69) is 20.6 Å². The van der Waals surface area contributed by atoms with Crippen molar-refractivity contribution in [2.45, 2.75) is 32.0 Å². The summed E-state index contributed by atoms with van der Waals surface area (Å²) in [6.45, 7) is 2.72. The largest absolute Gasteiger partial charge is 0.494 e. The molecule has 11 heteroatoms. The fraction of sp³-hybridized carbons (Fsp3) is 0.348. The molecule has 0 spiro atoms. The Balaban J connectivity index is 1.77. The van der Waals surface area contributed by atoms with Gasteiger partial charge in [-0.25, -0.2) is 4.98 Å². The van der Waals surface area contributed by atoms with E-state index in [4.69, 9.17) is 10.5 Å². The number of fused-ring (bicyclic) bond motifs is 1. The number of para-hydroxylation sites is 1. The number of nitrogens with one attached hydrogen (secondary N) is 2. The van der Waals surface area contributed by atoms with Gasteiger partial charge in [-0.3, -0.25) is 4.79 Å². The zero-order valence-corrected chi connectivity index (χ0v) is 18.7. The average Bonchev–Trinajstić information content (AvgIpc) is 2.77. The van der Waals surface area contributed by atoms with Crippen LogP contribution in [-0.4, -0.2) is 42.1 Å². The number of carbonyl (C=O) groups is 1. The van der Waals surface area contributed by atoms with Gasteiger partial charge in [-0.2, -0.15) is 18.2 Å². The van der Waals surface area contributed by atoms with Crippen LogP contribution in [0.1, 0.15) is 25.3 Å². The molecule has 4 N–H and O–H groups in total. The van der Waals surface area contributed by atoms with Gasteiger partial charge in [-0.1, -0.05) is 6.07 Å². The van der Waals surface area contributed by atoms with Crippen molar-refractivity contribution >= 4 is 40.0 Å². The first-order chi connectivity index (χ1) is 16.1. The SMILES string of the molecule is COc1cccc2c(N3CCC[C@@H](NC(C)=O)C3)nc(Nc3cc(N)cc(C(F)(F)F)c3)nc12. The number of rotatable bonds is 5. The minimum absolute atomic E-state index is 0.0369. The minimum atomic E-state index is -4.54. The average molecular weight is 474 g/mol. The van der Waals surface area contributed by atoms with Gasteiger partial charge in [0.1, 0.15) is 17.1 Å². The quantitative estimate of drug-likeness (QED) is 0.479. The number of amides is 1. The van der Waals surface area contributed by atoms with Gasteiger partial charge < -0.3 is 26.0 Å². The Labute approximate surface area is 194 Å². The molecular formula is C23H25F3N6O2. The Morgan fingerprint density at radius 1 is 1.24 bits per heavy atom. The number of hydrogen-bond acceptors (Lipinski definition) is 7. The van der Waals surface area contributed by atoms with Gasteiger partial charge >= 0.3 is 6.18 Å². The number of piperidine rings is 1. The summed E-state index contributed by atoms with van der Waals surface area (Å²) >= 11 is 0. The molecule has 0 unspecified atom stereocenters. The molecule has 0 aliphatic carbocycles. The van der Waals surface area contributed by atoms with Crippen LogP contribution in [0.15, 0.2) is 36.4 Å². The molecule has 180 valence electrons. The van der Waals surface area contributed by atoms with Crippen LogP contribution < -0.4 is 26.0 Å². The summed E-state index contributed by atoms with van der Waals surface area (Å²) in [5, 5.41) is 6.55. The van der Waals surface area contributed by atoms with Crippen molar-refractivity contribution in [3.8, 4) is 5.75 Å². The van der Waals surface area contributed by atoms with Crippen LogP contribution in [0.25, 0.3) is 10.9 Å². The van der Waals surface area contributed by atoms with Crippen LogP contribution >= 0.6 is 0 Å². The molecule has 8 nitrogen and oxygen atoms in total. The van der Waals surface area contributed by atoms with E-state index in [1.54, 1.807) is 6.07 Å². The van der Waals surface area contributed by atoms with E-state index in [-0.39, 0.29) is 29.3 Å². The van der Waals surface area contributed by atoms with E-state index in [9.17, 15) is 18.0 Å². The normalized spacial score (nSPS) is 16.4. The topological polar surface area (TPSA) is 105 Å². The summed E-state index contributed by atoms with van der Waals surface area (Å²) in [4.78, 5) is 22.8. The van der Waals surface area contributed by atoms with Crippen LogP contribution in [0.5, 0.6) is 5.75 Å². The Bertz CT molecular complexity index is 1220. The predicted octanol–water partition coefficient (Wildman–Crippen LogP) is 4.09. The van der Waals surface area contributed by atoms with Crippen LogP contribution in [0, 0.1) is 0 Å². The lowest BCUT2D eigenvalue weighted by molar-refractivity contribution is -0.137. The van der Waals surface area contributed by atoms with E-state index >= 15 is 0 Å². The fourth-order valence-corrected chi connectivity index (χ4v) is 4.16. The standard InChI is InChI=1S/C23H25F3N6O2/c1-13(33)28-16-5-4-8-32(12-16)21-18-6-3-7-19(34-2)20(18)30-22(31-21)29-17-10-14(23(24,25)26)9-15(27)11-17/h3,6-7,9-11,16H,4-5,8,12,27H2,1-2H3,(H,28,33)(H,29,30,31)/t16-/m1/s1. The first kappa shape index (κ1) is 23.4. The van der Waals surface area contributed by atoms with Crippen LogP contribution in [0.3, 0.4) is 0 Å². The van der Waals surface area contributed by atoms with Gasteiger partial charge in [0.15, 0.2) is 0 Å². The minimum Gasteiger partial charge on any atom is -0.494 e. The Morgan fingerprint density at radius 3 is 2.74 bits per heavy atom. The number of nitrogens with zero attached hydrogens (tertiary/aromatic N) is 3. The number of nitrogens with two attached hydrogens (primary N) is 1. The number of hydrogen-bond donors (Lipinski definition) is 3. The molecular weight excluding hydrogens is 449 g/mol. The molecule has 1 amide bonds. The number of anilines is 4. The van der Waals surface area contributed by atoms with Crippen molar-refractivity contribution in [2.75, 3.05) is 36.1 Å². The highest BCUT2D eigenvalue weighted by atomic mass is 19.4. The lowest BCUT2D eigenvalue weighted by atomic mass is 10.0. The van der Waals surface area contributed by atoms with Gasteiger partial charge in [0.25, 0.3) is 0 Å². The second kappa shape index (κ2) is 9.24. The third-order valence-corrected chi connectivity index (χ3v) is 5.56. The molecule has 34 heavy (non-hydrogen) atoms. The number of benzene rings is 2. The molecule has 1 aliphatic rings. The van der Waals surface area contributed by atoms with Gasteiger partial charge in [0.05, 0.1) is 12.7 Å². The number of methoxy groups -OCH3 is 1. The number of carbonyl (C=O) groups excluding carboxylic acids is 1. The van der Waals surface area contributed by atoms with Crippen molar-refractivity contribution in [3.63, 3.8) is 0 Å². The van der Waals surface area contributed by atoms with E-state index in [1.807, 2.05) is 17.0 Å². The Kier molecular flexibility index (Phi) is 6.36. The van der Waals surface area contributed by atoms with Gasteiger partial charge in [0.2, 0.25) is 11.9 Å². The summed E-state index contributed by atoms with van der Waals surface area (Å²) in [7, 11) is 1.52. The number of ether oxygens (including phenoxy) is 1. The predicted molar refractivity (Wildman–Crippen MR) is 124 cm³/mol. The molecule has 1 aromatic heterocycles. The Morgan fingerprint density at radius 2 is 2.03 bits per heavy atom. The van der Waals surface area contributed by atoms with Crippen LogP contribution in [0.4, 0.5) is 36.3 Å². The maximum atomic E-state index is 13.3. The molecule has 0 radical (unpaired) electrons. The monoisotopic (exact) mass is 474 g/mol. The zero-order valence-electron chi connectivity index (χ0n) is 18.7. The van der Waals surface area contributed by atoms with Crippen molar-refractivity contribution < 1.29 is 22.7 Å². The highest BCUT2D eigenvalue weighted by Crippen LogP contribution is 2.35. The van der Waals surface area contributed by atoms with E-state index in [0.717, 1.165) is 30.4 Å². The van der Waals surface area contributed by atoms with Crippen LogP contribution in [0.2, 0.25) is 0 Å². The lowest BCUT2D eigenvalue weighted by Crippen LogP contribution is -2.47. The third kappa shape index (κ3) is 5.08. The number of nitrogen functional groups attached to an aromatic ring is 1. The molecule has 0 saturated carbocycles. The summed E-state index contributed by atoms with van der Waals surface area (Å²) in [6, 6.07) is 8.61. The third-order valence-electron chi connectivity index (χ3n) is 5.56. The van der Waals surface area contributed by atoms with Crippen molar-refractivity contribution in [1.82, 2.24) is 15.3 Å². The smallest absolute Gasteiger partial charge is 0.416 e. The first-order valence-electron chi connectivity index (χ1n) is 10.8. The summed E-state index contributed by atoms with van der Waals surface area (Å²) in [5.41, 5.74) is 5.42. The summed E-state index contributed by atoms with van der Waals surface area (Å²) < 4.78 is 45.2. The van der Waals surface area contributed by atoms with Crippen LogP contribution in [-0.2, 0) is 11.0 Å². The molecule has 1 saturated heterocycles. The molecule has 1 atom stereocenters. The molecule has 0 bridgehead atoms. The van der Waals surface area contributed by atoms with E-state index < -0.39 is 11.7 Å². The van der Waals surface area contributed by atoms with Gasteiger partial charge in [0, 0.05) is 42.8 Å². The molecule has 1 aliphatic heterocycles. The number of alkyl halides is 3. The second-order valence-electron chi connectivity index (χ2n) is 8.18. The van der Waals surface area contributed by atoms with Gasteiger partial charge in [-0.15, -0.1) is 0 Å². The maximum absolute atomic E-state index is 13.3. The first-order valence-corrected chi connectivity index (χ1v) is 10.8. The fourth-order valence-electron chi connectivity index (χ4n) is 4.16. The lowest BCUT2D eigenvalue weighted by Gasteiger charge is -2.34. The number of halogens is 3. The molecule has 4 rings (SSSR count). The highest BCUT2D eigenvalue weighted by molar-refractivity contribution is 5.94. The van der Waals surface area contributed by atoms with Crippen molar-refractivity contribution in [2.24, 2.45) is 0 Å². The summed E-state index contributed by atoms with van der Waals surface area (Å²) in [5.74, 6) is 1.10. The molecule has 2 aromatic carbocycles.